The van der Waals surface area contributed by atoms with Gasteiger partial charge < -0.3 is 14.5 Å². The average Bonchev–Trinajstić information content (AvgIpc) is 2.36. The molecule has 5 heteroatoms. The van der Waals surface area contributed by atoms with Crippen LogP contribution in [0.1, 0.15) is 53.4 Å². The first-order valence-electron chi connectivity index (χ1n) is 7.77. The molecule has 0 fully saturated rings. The van der Waals surface area contributed by atoms with Crippen molar-refractivity contribution in [3.05, 3.63) is 34.9 Å². The summed E-state index contributed by atoms with van der Waals surface area (Å²) in [4.78, 5) is 17.4. The molecule has 0 rings (SSSR count). The molecule has 0 atom stereocenters. The maximum Gasteiger partial charge on any atom is 0.327 e. The fourth-order valence-electron chi connectivity index (χ4n) is 1.81. The third-order valence-corrected chi connectivity index (χ3v) is 3.96. The molecule has 4 nitrogen and oxygen atoms in total. The van der Waals surface area contributed by atoms with Gasteiger partial charge in [-0.15, -0.1) is 0 Å². The van der Waals surface area contributed by atoms with Crippen LogP contribution in [0.2, 0.25) is 0 Å². The van der Waals surface area contributed by atoms with Gasteiger partial charge in [-0.2, -0.15) is 0 Å². The van der Waals surface area contributed by atoms with Gasteiger partial charge in [-0.05, 0) is 53.4 Å². The SMILES string of the molecule is CC(C)=CCC/C(C)=C/CC/C(C)=C/COCCP(=O)(O)O. The minimum Gasteiger partial charge on any atom is -0.377 e. The van der Waals surface area contributed by atoms with Gasteiger partial charge in [0.25, 0.3) is 0 Å². The highest BCUT2D eigenvalue weighted by Crippen LogP contribution is 2.33. The Labute approximate surface area is 135 Å². The number of rotatable bonds is 11. The monoisotopic (exact) mass is 330 g/mol. The summed E-state index contributed by atoms with van der Waals surface area (Å²) in [5.41, 5.74) is 4.03. The summed E-state index contributed by atoms with van der Waals surface area (Å²) >= 11 is 0. The highest BCUT2D eigenvalue weighted by molar-refractivity contribution is 7.51. The fourth-order valence-corrected chi connectivity index (χ4v) is 2.17. The molecule has 0 spiro atoms. The molecule has 0 aliphatic carbocycles. The quantitative estimate of drug-likeness (QED) is 0.330. The van der Waals surface area contributed by atoms with Gasteiger partial charge in [-0.3, -0.25) is 4.57 Å². The van der Waals surface area contributed by atoms with E-state index in [0.29, 0.717) is 6.61 Å². The normalized spacial score (nSPS) is 13.4. The van der Waals surface area contributed by atoms with Crippen LogP contribution in [0.25, 0.3) is 0 Å². The third kappa shape index (κ3) is 15.7. The van der Waals surface area contributed by atoms with Gasteiger partial charge in [0.15, 0.2) is 0 Å². The molecule has 0 amide bonds. The fraction of sp³-hybridized carbons (Fsp3) is 0.647. The van der Waals surface area contributed by atoms with Crippen LogP contribution in [0.3, 0.4) is 0 Å². The second-order valence-corrected chi connectivity index (χ2v) is 7.70. The van der Waals surface area contributed by atoms with Crippen molar-refractivity contribution >= 4 is 7.60 Å². The van der Waals surface area contributed by atoms with Gasteiger partial charge in [-0.25, -0.2) is 0 Å². The Morgan fingerprint density at radius 1 is 0.955 bits per heavy atom. The summed E-state index contributed by atoms with van der Waals surface area (Å²) in [7, 11) is -3.93. The first kappa shape index (κ1) is 21.3. The Bertz CT molecular complexity index is 440. The van der Waals surface area contributed by atoms with Crippen LogP contribution in [0, 0.1) is 0 Å². The topological polar surface area (TPSA) is 66.8 Å². The van der Waals surface area contributed by atoms with Crippen LogP contribution in [-0.2, 0) is 9.30 Å². The molecule has 0 saturated heterocycles. The molecule has 0 heterocycles. The van der Waals surface area contributed by atoms with E-state index in [4.69, 9.17) is 14.5 Å². The van der Waals surface area contributed by atoms with Crippen molar-refractivity contribution in [2.75, 3.05) is 19.4 Å². The van der Waals surface area contributed by atoms with E-state index in [2.05, 4.69) is 39.8 Å². The standard InChI is InChI=1S/C17H31O4P/c1-15(2)7-5-8-16(3)9-6-10-17(4)11-12-21-13-14-22(18,19)20/h7,9,11H,5-6,8,10,12-14H2,1-4H3,(H2,18,19,20)/b16-9+,17-11+. The van der Waals surface area contributed by atoms with E-state index in [0.717, 1.165) is 25.7 Å². The van der Waals surface area contributed by atoms with Gasteiger partial charge in [0, 0.05) is 0 Å². The van der Waals surface area contributed by atoms with Crippen molar-refractivity contribution in [1.82, 2.24) is 0 Å². The molecule has 0 aliphatic rings. The Kier molecular flexibility index (Phi) is 11.5. The smallest absolute Gasteiger partial charge is 0.327 e. The predicted molar refractivity (Wildman–Crippen MR) is 93.1 cm³/mol. The lowest BCUT2D eigenvalue weighted by atomic mass is 10.1. The molecule has 2 N–H and O–H groups in total. The largest absolute Gasteiger partial charge is 0.377 e. The number of ether oxygens (including phenoxy) is 1. The highest BCUT2D eigenvalue weighted by atomic mass is 31.2. The number of hydrogen-bond acceptors (Lipinski definition) is 2. The van der Waals surface area contributed by atoms with E-state index in [1.807, 2.05) is 6.08 Å². The van der Waals surface area contributed by atoms with E-state index in [9.17, 15) is 4.57 Å². The van der Waals surface area contributed by atoms with Gasteiger partial charge in [0.05, 0.1) is 19.4 Å². The maximum absolute atomic E-state index is 10.6. The lowest BCUT2D eigenvalue weighted by Crippen LogP contribution is -2.01. The van der Waals surface area contributed by atoms with Crippen LogP contribution in [0.4, 0.5) is 0 Å². The second-order valence-electron chi connectivity index (χ2n) is 5.92. The molecule has 0 aliphatic heterocycles. The molecule has 22 heavy (non-hydrogen) atoms. The molecule has 0 radical (unpaired) electrons. The Balaban J connectivity index is 3.83. The van der Waals surface area contributed by atoms with Gasteiger partial charge in [-0.1, -0.05) is 34.9 Å². The molecule has 0 aromatic heterocycles. The highest BCUT2D eigenvalue weighted by Gasteiger charge is 2.11. The van der Waals surface area contributed by atoms with Crippen LogP contribution >= 0.6 is 7.60 Å². The van der Waals surface area contributed by atoms with Crippen molar-refractivity contribution in [3.63, 3.8) is 0 Å². The predicted octanol–water partition coefficient (Wildman–Crippen LogP) is 4.60. The zero-order valence-electron chi connectivity index (χ0n) is 14.3. The summed E-state index contributed by atoms with van der Waals surface area (Å²) < 4.78 is 15.8. The van der Waals surface area contributed by atoms with Crippen LogP contribution in [0.5, 0.6) is 0 Å². The van der Waals surface area contributed by atoms with Crippen molar-refractivity contribution in [3.8, 4) is 0 Å². The average molecular weight is 330 g/mol. The summed E-state index contributed by atoms with van der Waals surface area (Å²) in [6, 6.07) is 0. The zero-order chi connectivity index (χ0) is 17.0. The summed E-state index contributed by atoms with van der Waals surface area (Å²) in [5.74, 6) is 0. The van der Waals surface area contributed by atoms with E-state index in [-0.39, 0.29) is 12.8 Å². The Hall–Kier alpha value is -0.670. The van der Waals surface area contributed by atoms with Gasteiger partial charge >= 0.3 is 7.60 Å². The van der Waals surface area contributed by atoms with Crippen molar-refractivity contribution in [2.24, 2.45) is 0 Å². The minimum atomic E-state index is -3.93. The lowest BCUT2D eigenvalue weighted by Gasteiger charge is -2.04. The van der Waals surface area contributed by atoms with E-state index in [1.54, 1.807) is 0 Å². The first-order valence-corrected chi connectivity index (χ1v) is 9.57. The Morgan fingerprint density at radius 2 is 1.50 bits per heavy atom. The second kappa shape index (κ2) is 11.8. The molecular weight excluding hydrogens is 299 g/mol. The number of allylic oxidation sites excluding steroid dienone is 5. The third-order valence-electron chi connectivity index (χ3n) is 3.20. The van der Waals surface area contributed by atoms with Crippen molar-refractivity contribution < 1.29 is 19.1 Å². The summed E-state index contributed by atoms with van der Waals surface area (Å²) in [5, 5.41) is 0. The molecule has 0 aromatic carbocycles. The molecule has 0 aromatic rings. The molecular formula is C17H31O4P. The van der Waals surface area contributed by atoms with E-state index in [1.165, 1.54) is 16.7 Å². The Morgan fingerprint density at radius 3 is 2.05 bits per heavy atom. The van der Waals surface area contributed by atoms with Crippen molar-refractivity contribution in [2.45, 2.75) is 53.4 Å². The van der Waals surface area contributed by atoms with Gasteiger partial charge in [0.1, 0.15) is 0 Å². The molecule has 0 unspecified atom stereocenters. The molecule has 128 valence electrons. The molecule has 0 bridgehead atoms. The maximum atomic E-state index is 10.6. The van der Waals surface area contributed by atoms with Crippen LogP contribution < -0.4 is 0 Å². The van der Waals surface area contributed by atoms with Crippen LogP contribution in [0.15, 0.2) is 34.9 Å². The lowest BCUT2D eigenvalue weighted by molar-refractivity contribution is 0.173. The molecule has 0 saturated carbocycles. The minimum absolute atomic E-state index is 0.0947. The van der Waals surface area contributed by atoms with E-state index < -0.39 is 7.60 Å². The zero-order valence-corrected chi connectivity index (χ0v) is 15.2. The first-order chi connectivity index (χ1) is 10.2. The summed E-state index contributed by atoms with van der Waals surface area (Å²) in [6.07, 6.45) is 10.5. The van der Waals surface area contributed by atoms with Crippen LogP contribution in [-0.4, -0.2) is 29.2 Å². The van der Waals surface area contributed by atoms with Gasteiger partial charge in [0.2, 0.25) is 0 Å². The van der Waals surface area contributed by atoms with Crippen molar-refractivity contribution in [1.29, 1.82) is 0 Å². The summed E-state index contributed by atoms with van der Waals surface area (Å²) in [6.45, 7) is 8.97. The van der Waals surface area contributed by atoms with E-state index >= 15 is 0 Å². The number of hydrogen-bond donors (Lipinski definition) is 2.